The van der Waals surface area contributed by atoms with Crippen molar-refractivity contribution in [2.75, 3.05) is 18.0 Å². The minimum atomic E-state index is 0.0458. The summed E-state index contributed by atoms with van der Waals surface area (Å²) in [6, 6.07) is 5.81. The van der Waals surface area contributed by atoms with Crippen LogP contribution in [0.2, 0.25) is 5.02 Å². The molecule has 0 saturated carbocycles. The number of amides is 1. The Labute approximate surface area is 137 Å². The van der Waals surface area contributed by atoms with E-state index in [-0.39, 0.29) is 11.9 Å². The molecule has 2 N–H and O–H groups in total. The van der Waals surface area contributed by atoms with Crippen LogP contribution in [0, 0.1) is 0 Å². The summed E-state index contributed by atoms with van der Waals surface area (Å²) in [7, 11) is 0. The maximum absolute atomic E-state index is 12.8. The molecule has 1 aromatic carbocycles. The number of carbonyl (C=O) groups is 1. The van der Waals surface area contributed by atoms with Gasteiger partial charge in [0.2, 0.25) is 0 Å². The van der Waals surface area contributed by atoms with Gasteiger partial charge in [-0.2, -0.15) is 11.8 Å². The van der Waals surface area contributed by atoms with E-state index >= 15 is 0 Å². The summed E-state index contributed by atoms with van der Waals surface area (Å²) in [5.41, 5.74) is 6.75. The SMILES string of the molecule is CC1SCCN(C(=O)c2sc3ccc(Cl)cc3c2N)C1C. The zero-order chi connectivity index (χ0) is 15.1. The molecule has 2 unspecified atom stereocenters. The van der Waals surface area contributed by atoms with E-state index in [4.69, 9.17) is 17.3 Å². The standard InChI is InChI=1S/C15H17ClN2OS2/c1-8-9(2)20-6-5-18(8)15(19)14-13(17)11-7-10(16)3-4-12(11)21-14/h3-4,7-9H,5-6,17H2,1-2H3. The van der Waals surface area contributed by atoms with Gasteiger partial charge >= 0.3 is 0 Å². The Kier molecular flexibility index (Phi) is 4.08. The fraction of sp³-hybridized carbons (Fsp3) is 0.400. The lowest BCUT2D eigenvalue weighted by Gasteiger charge is -2.37. The van der Waals surface area contributed by atoms with Gasteiger partial charge in [0.1, 0.15) is 4.88 Å². The molecule has 1 aliphatic rings. The summed E-state index contributed by atoms with van der Waals surface area (Å²) in [6.07, 6.45) is 0. The van der Waals surface area contributed by atoms with Crippen molar-refractivity contribution >= 4 is 56.4 Å². The van der Waals surface area contributed by atoms with Crippen molar-refractivity contribution in [2.24, 2.45) is 0 Å². The van der Waals surface area contributed by atoms with E-state index in [1.165, 1.54) is 11.3 Å². The van der Waals surface area contributed by atoms with Crippen LogP contribution in [0.5, 0.6) is 0 Å². The molecule has 0 aliphatic carbocycles. The zero-order valence-corrected chi connectivity index (χ0v) is 14.3. The number of halogens is 1. The minimum Gasteiger partial charge on any atom is -0.397 e. The summed E-state index contributed by atoms with van der Waals surface area (Å²) < 4.78 is 1.01. The van der Waals surface area contributed by atoms with E-state index in [0.717, 1.165) is 22.4 Å². The molecule has 2 atom stereocenters. The van der Waals surface area contributed by atoms with E-state index < -0.39 is 0 Å². The Balaban J connectivity index is 2.00. The van der Waals surface area contributed by atoms with Crippen LogP contribution in [-0.2, 0) is 0 Å². The van der Waals surface area contributed by atoms with Gasteiger partial charge < -0.3 is 10.6 Å². The van der Waals surface area contributed by atoms with Crippen LogP contribution in [0.3, 0.4) is 0 Å². The smallest absolute Gasteiger partial charge is 0.266 e. The number of anilines is 1. The van der Waals surface area contributed by atoms with Crippen molar-refractivity contribution in [2.45, 2.75) is 25.1 Å². The van der Waals surface area contributed by atoms with Crippen molar-refractivity contribution < 1.29 is 4.79 Å². The third-order valence-corrected chi connectivity index (χ3v) is 6.78. The molecular formula is C15H17ClN2OS2. The van der Waals surface area contributed by atoms with Crippen LogP contribution in [-0.4, -0.2) is 34.4 Å². The number of hydrogen-bond acceptors (Lipinski definition) is 4. The van der Waals surface area contributed by atoms with Crippen molar-refractivity contribution in [3.63, 3.8) is 0 Å². The Morgan fingerprint density at radius 1 is 1.43 bits per heavy atom. The summed E-state index contributed by atoms with van der Waals surface area (Å²) in [6.45, 7) is 5.06. The lowest BCUT2D eigenvalue weighted by Crippen LogP contribution is -2.47. The van der Waals surface area contributed by atoms with Gasteiger partial charge in [-0.25, -0.2) is 0 Å². The molecule has 1 aliphatic heterocycles. The highest BCUT2D eigenvalue weighted by Gasteiger charge is 2.31. The molecule has 1 fully saturated rings. The Morgan fingerprint density at radius 2 is 2.19 bits per heavy atom. The monoisotopic (exact) mass is 340 g/mol. The minimum absolute atomic E-state index is 0.0458. The molecule has 0 spiro atoms. The quantitative estimate of drug-likeness (QED) is 0.850. The van der Waals surface area contributed by atoms with Crippen LogP contribution in [0.4, 0.5) is 5.69 Å². The lowest BCUT2D eigenvalue weighted by molar-refractivity contribution is 0.0704. The molecule has 0 radical (unpaired) electrons. The third-order valence-electron chi connectivity index (χ3n) is 4.03. The largest absolute Gasteiger partial charge is 0.397 e. The van der Waals surface area contributed by atoms with Gasteiger partial charge in [0, 0.05) is 38.7 Å². The first-order chi connectivity index (χ1) is 9.99. The summed E-state index contributed by atoms with van der Waals surface area (Å²) >= 11 is 9.39. The zero-order valence-electron chi connectivity index (χ0n) is 11.9. The van der Waals surface area contributed by atoms with Crippen LogP contribution >= 0.6 is 34.7 Å². The van der Waals surface area contributed by atoms with E-state index in [1.807, 2.05) is 34.9 Å². The predicted molar refractivity (Wildman–Crippen MR) is 93.7 cm³/mol. The molecule has 2 aromatic rings. The summed E-state index contributed by atoms with van der Waals surface area (Å²) in [5.74, 6) is 1.03. The second-order valence-corrected chi connectivity index (χ2v) is 8.27. The number of fused-ring (bicyclic) bond motifs is 1. The average molecular weight is 341 g/mol. The molecular weight excluding hydrogens is 324 g/mol. The van der Waals surface area contributed by atoms with Crippen molar-refractivity contribution in [3.8, 4) is 0 Å². The third kappa shape index (κ3) is 2.62. The number of nitrogens with two attached hydrogens (primary N) is 1. The van der Waals surface area contributed by atoms with E-state index in [0.29, 0.717) is 20.8 Å². The number of benzene rings is 1. The molecule has 1 amide bonds. The van der Waals surface area contributed by atoms with E-state index in [9.17, 15) is 4.79 Å². The van der Waals surface area contributed by atoms with Gasteiger partial charge in [0.05, 0.1) is 5.69 Å². The van der Waals surface area contributed by atoms with Crippen LogP contribution in [0.25, 0.3) is 10.1 Å². The van der Waals surface area contributed by atoms with E-state index in [1.54, 1.807) is 0 Å². The first kappa shape index (κ1) is 15.0. The van der Waals surface area contributed by atoms with Crippen molar-refractivity contribution in [1.82, 2.24) is 4.90 Å². The Morgan fingerprint density at radius 3 is 2.95 bits per heavy atom. The van der Waals surface area contributed by atoms with Crippen LogP contribution < -0.4 is 5.73 Å². The molecule has 3 nitrogen and oxygen atoms in total. The van der Waals surface area contributed by atoms with Gasteiger partial charge in [-0.05, 0) is 25.1 Å². The predicted octanol–water partition coefficient (Wildman–Crippen LogP) is 4.10. The Hall–Kier alpha value is -0.910. The van der Waals surface area contributed by atoms with E-state index in [2.05, 4.69) is 13.8 Å². The van der Waals surface area contributed by atoms with Gasteiger partial charge in [-0.1, -0.05) is 18.5 Å². The highest BCUT2D eigenvalue weighted by molar-refractivity contribution is 8.00. The highest BCUT2D eigenvalue weighted by Crippen LogP contribution is 2.37. The average Bonchev–Trinajstić information content (AvgIpc) is 2.78. The normalized spacial score (nSPS) is 22.7. The number of thioether (sulfide) groups is 1. The van der Waals surface area contributed by atoms with Gasteiger partial charge in [-0.3, -0.25) is 4.79 Å². The second kappa shape index (κ2) is 5.71. The molecule has 1 saturated heterocycles. The van der Waals surface area contributed by atoms with Crippen molar-refractivity contribution in [1.29, 1.82) is 0 Å². The number of nitrogens with zero attached hydrogens (tertiary/aromatic N) is 1. The molecule has 3 rings (SSSR count). The maximum atomic E-state index is 12.8. The lowest BCUT2D eigenvalue weighted by atomic mass is 10.1. The molecule has 21 heavy (non-hydrogen) atoms. The fourth-order valence-electron chi connectivity index (χ4n) is 2.60. The molecule has 6 heteroatoms. The number of rotatable bonds is 1. The maximum Gasteiger partial charge on any atom is 0.266 e. The molecule has 2 heterocycles. The number of hydrogen-bond donors (Lipinski definition) is 1. The number of nitrogen functional groups attached to an aromatic ring is 1. The molecule has 1 aromatic heterocycles. The topological polar surface area (TPSA) is 46.3 Å². The van der Waals surface area contributed by atoms with Crippen molar-refractivity contribution in [3.05, 3.63) is 28.1 Å². The van der Waals surface area contributed by atoms with Gasteiger partial charge in [0.25, 0.3) is 5.91 Å². The number of carbonyl (C=O) groups excluding carboxylic acids is 1. The van der Waals surface area contributed by atoms with Gasteiger partial charge in [0.15, 0.2) is 0 Å². The fourth-order valence-corrected chi connectivity index (χ4v) is 4.93. The highest BCUT2D eigenvalue weighted by atomic mass is 35.5. The summed E-state index contributed by atoms with van der Waals surface area (Å²) in [4.78, 5) is 15.4. The number of thiophene rings is 1. The first-order valence-corrected chi connectivity index (χ1v) is 9.13. The second-order valence-electron chi connectivity index (χ2n) is 5.30. The summed E-state index contributed by atoms with van der Waals surface area (Å²) in [5, 5.41) is 1.97. The Bertz CT molecular complexity index is 700. The first-order valence-electron chi connectivity index (χ1n) is 6.89. The molecule has 0 bridgehead atoms. The van der Waals surface area contributed by atoms with Crippen LogP contribution in [0.1, 0.15) is 23.5 Å². The van der Waals surface area contributed by atoms with Gasteiger partial charge in [-0.15, -0.1) is 11.3 Å². The van der Waals surface area contributed by atoms with Crippen LogP contribution in [0.15, 0.2) is 18.2 Å². The molecule has 112 valence electrons.